The number of unbranched alkanes of at least 4 members (excludes halogenated alkanes) is 1. The Morgan fingerprint density at radius 3 is 2.36 bits per heavy atom. The Morgan fingerprint density at radius 2 is 1.62 bits per heavy atom. The molecule has 1 aliphatic rings. The van der Waals surface area contributed by atoms with E-state index < -0.39 is 6.29 Å². The number of nitrogen functional groups attached to an aromatic ring is 1. The molecule has 0 unspecified atom stereocenters. The molecule has 1 aromatic heterocycles. The maximum Gasteiger partial charge on any atom is 0.224 e. The molecule has 5 N–H and O–H groups in total. The van der Waals surface area contributed by atoms with Gasteiger partial charge in [0.05, 0.1) is 35.2 Å². The molecular formula is C35H38N4O5S. The van der Waals surface area contributed by atoms with Crippen LogP contribution in [0.1, 0.15) is 61.2 Å². The fourth-order valence-corrected chi connectivity index (χ4v) is 5.90. The molecule has 45 heavy (non-hydrogen) atoms. The van der Waals surface area contributed by atoms with E-state index in [1.54, 1.807) is 30.1 Å². The number of hydrogen-bond acceptors (Lipinski definition) is 8. The van der Waals surface area contributed by atoms with Crippen LogP contribution in [-0.4, -0.2) is 33.8 Å². The van der Waals surface area contributed by atoms with E-state index in [1.807, 2.05) is 78.9 Å². The number of nitrogens with two attached hydrogens (primary N) is 1. The van der Waals surface area contributed by atoms with Crippen LogP contribution in [0.5, 0.6) is 0 Å². The summed E-state index contributed by atoms with van der Waals surface area (Å²) in [5.41, 5.74) is 10.3. The fourth-order valence-electron chi connectivity index (χ4n) is 5.01. The number of ether oxygens (including phenoxy) is 2. The number of para-hydroxylation sites is 2. The molecule has 0 saturated carbocycles. The molecule has 4 aromatic rings. The number of anilines is 3. The van der Waals surface area contributed by atoms with Gasteiger partial charge in [-0.15, -0.1) is 11.8 Å². The zero-order valence-corrected chi connectivity index (χ0v) is 25.7. The van der Waals surface area contributed by atoms with Crippen molar-refractivity contribution in [2.45, 2.75) is 62.2 Å². The number of rotatable bonds is 13. The zero-order chi connectivity index (χ0) is 31.4. The smallest absolute Gasteiger partial charge is 0.224 e. The van der Waals surface area contributed by atoms with E-state index in [9.17, 15) is 14.7 Å². The van der Waals surface area contributed by atoms with Crippen molar-refractivity contribution in [3.8, 4) is 0 Å². The number of aliphatic hydroxyl groups is 1. The second kappa shape index (κ2) is 16.2. The van der Waals surface area contributed by atoms with E-state index in [4.69, 9.17) is 15.2 Å². The first-order valence-corrected chi connectivity index (χ1v) is 16.0. The average Bonchev–Trinajstić information content (AvgIpc) is 3.07. The highest BCUT2D eigenvalue weighted by molar-refractivity contribution is 7.99. The summed E-state index contributed by atoms with van der Waals surface area (Å²) in [5, 5.41) is 16.2. The summed E-state index contributed by atoms with van der Waals surface area (Å²) in [7, 11) is 0. The maximum atomic E-state index is 12.7. The van der Waals surface area contributed by atoms with Gasteiger partial charge < -0.3 is 30.9 Å². The third-order valence-corrected chi connectivity index (χ3v) is 8.48. The molecular weight excluding hydrogens is 588 g/mol. The number of carbonyl (C=O) groups is 2. The van der Waals surface area contributed by atoms with Gasteiger partial charge in [-0.3, -0.25) is 9.59 Å². The van der Waals surface area contributed by atoms with Gasteiger partial charge in [0.25, 0.3) is 0 Å². The lowest BCUT2D eigenvalue weighted by molar-refractivity contribution is -0.245. The van der Waals surface area contributed by atoms with E-state index in [0.29, 0.717) is 54.9 Å². The van der Waals surface area contributed by atoms with Gasteiger partial charge in [0, 0.05) is 42.5 Å². The first kappa shape index (κ1) is 32.2. The first-order valence-electron chi connectivity index (χ1n) is 15.1. The SMILES string of the molecule is Nc1ccccc1NC(=O)CCCCC(=O)Nc1cccc([C@@H]2O[C@H](CSc3ccccn3)C[C@H](c3ccc(CO)cc3)O2)c1. The molecule has 1 fully saturated rings. The normalized spacial score (nSPS) is 17.8. The summed E-state index contributed by atoms with van der Waals surface area (Å²) in [6.07, 6.45) is 3.25. The second-order valence-corrected chi connectivity index (χ2v) is 11.9. The quantitative estimate of drug-likeness (QED) is 0.0738. The Kier molecular flexibility index (Phi) is 11.6. The molecule has 3 atom stereocenters. The van der Waals surface area contributed by atoms with Gasteiger partial charge in [-0.2, -0.15) is 0 Å². The topological polar surface area (TPSA) is 136 Å². The first-order chi connectivity index (χ1) is 22.0. The number of aliphatic hydroxyl groups excluding tert-OH is 1. The number of thioether (sulfide) groups is 1. The molecule has 0 radical (unpaired) electrons. The summed E-state index contributed by atoms with van der Waals surface area (Å²) in [6.45, 7) is -0.0153. The van der Waals surface area contributed by atoms with Crippen LogP contribution in [0.2, 0.25) is 0 Å². The summed E-state index contributed by atoms with van der Waals surface area (Å²) < 4.78 is 12.9. The molecule has 10 heteroatoms. The van der Waals surface area contributed by atoms with Crippen LogP contribution >= 0.6 is 11.8 Å². The van der Waals surface area contributed by atoms with Gasteiger partial charge in [-0.25, -0.2) is 4.98 Å². The van der Waals surface area contributed by atoms with E-state index >= 15 is 0 Å². The van der Waals surface area contributed by atoms with Crippen molar-refractivity contribution in [1.29, 1.82) is 0 Å². The third kappa shape index (κ3) is 9.63. The predicted octanol–water partition coefficient (Wildman–Crippen LogP) is 6.63. The number of hydrogen-bond donors (Lipinski definition) is 4. The van der Waals surface area contributed by atoms with Gasteiger partial charge in [0.15, 0.2) is 6.29 Å². The summed E-state index contributed by atoms with van der Waals surface area (Å²) in [4.78, 5) is 29.4. The van der Waals surface area contributed by atoms with Crippen molar-refractivity contribution >= 4 is 40.6 Å². The number of nitrogens with one attached hydrogen (secondary N) is 2. The van der Waals surface area contributed by atoms with Crippen molar-refractivity contribution in [3.05, 3.63) is 114 Å². The third-order valence-electron chi connectivity index (χ3n) is 7.40. The van der Waals surface area contributed by atoms with Crippen LogP contribution in [0.25, 0.3) is 0 Å². The van der Waals surface area contributed by atoms with Crippen molar-refractivity contribution in [2.24, 2.45) is 0 Å². The van der Waals surface area contributed by atoms with Crippen LogP contribution in [0, 0.1) is 0 Å². The zero-order valence-electron chi connectivity index (χ0n) is 24.9. The van der Waals surface area contributed by atoms with E-state index in [0.717, 1.165) is 21.7 Å². The molecule has 234 valence electrons. The number of benzene rings is 3. The molecule has 0 aliphatic carbocycles. The van der Waals surface area contributed by atoms with Crippen molar-refractivity contribution < 1.29 is 24.2 Å². The van der Waals surface area contributed by atoms with Crippen molar-refractivity contribution in [1.82, 2.24) is 4.98 Å². The maximum absolute atomic E-state index is 12.7. The van der Waals surface area contributed by atoms with Crippen LogP contribution in [0.4, 0.5) is 17.1 Å². The minimum Gasteiger partial charge on any atom is -0.397 e. The van der Waals surface area contributed by atoms with Gasteiger partial charge in [-0.05, 0) is 60.4 Å². The monoisotopic (exact) mass is 626 g/mol. The summed E-state index contributed by atoms with van der Waals surface area (Å²) in [5.74, 6) is 0.444. The fraction of sp³-hybridized carbons (Fsp3) is 0.286. The van der Waals surface area contributed by atoms with Gasteiger partial charge in [0.1, 0.15) is 0 Å². The van der Waals surface area contributed by atoms with Gasteiger partial charge in [-0.1, -0.05) is 54.6 Å². The van der Waals surface area contributed by atoms with Crippen molar-refractivity contribution in [3.63, 3.8) is 0 Å². The average molecular weight is 627 g/mol. The second-order valence-electron chi connectivity index (χ2n) is 10.8. The molecule has 1 saturated heterocycles. The molecule has 2 heterocycles. The molecule has 3 aromatic carbocycles. The van der Waals surface area contributed by atoms with Crippen molar-refractivity contribution in [2.75, 3.05) is 22.1 Å². The lowest BCUT2D eigenvalue weighted by atomic mass is 10.0. The predicted molar refractivity (Wildman–Crippen MR) is 176 cm³/mol. The lowest BCUT2D eigenvalue weighted by Gasteiger charge is -2.36. The Hall–Kier alpha value is -4.22. The highest BCUT2D eigenvalue weighted by Gasteiger charge is 2.32. The Bertz CT molecular complexity index is 1550. The molecule has 0 bridgehead atoms. The standard InChI is InChI=1S/C35H38N4O5S/c36-29-10-1-2-11-30(29)39-33(42)13-4-3-12-32(41)38-27-9-7-8-26(20-27)35-43-28(23-45-34-14-5-6-19-37-34)21-31(44-35)25-17-15-24(22-40)16-18-25/h1-2,5-11,14-20,28,31,35,40H,3-4,12-13,21-23,36H2,(H,38,41)(H,39,42)/t28-,31+,35+/m0/s1. The molecule has 0 spiro atoms. The van der Waals surface area contributed by atoms with Gasteiger partial charge in [0.2, 0.25) is 11.8 Å². The number of nitrogens with zero attached hydrogens (tertiary/aromatic N) is 1. The molecule has 2 amide bonds. The van der Waals surface area contributed by atoms with Crippen LogP contribution in [0.15, 0.2) is 102 Å². The van der Waals surface area contributed by atoms with E-state index in [-0.39, 0.29) is 30.6 Å². The van der Waals surface area contributed by atoms with Crippen LogP contribution < -0.4 is 16.4 Å². The number of amides is 2. The number of aromatic nitrogens is 1. The number of carbonyl (C=O) groups excluding carboxylic acids is 2. The largest absolute Gasteiger partial charge is 0.397 e. The highest BCUT2D eigenvalue weighted by atomic mass is 32.2. The Morgan fingerprint density at radius 1 is 0.867 bits per heavy atom. The molecule has 1 aliphatic heterocycles. The molecule has 5 rings (SSSR count). The van der Waals surface area contributed by atoms with Crippen LogP contribution in [-0.2, 0) is 25.7 Å². The molecule has 9 nitrogen and oxygen atoms in total. The Balaban J connectivity index is 1.17. The van der Waals surface area contributed by atoms with Gasteiger partial charge >= 0.3 is 0 Å². The van der Waals surface area contributed by atoms with E-state index in [1.165, 1.54) is 0 Å². The number of pyridine rings is 1. The summed E-state index contributed by atoms with van der Waals surface area (Å²) in [6, 6.07) is 28.2. The highest BCUT2D eigenvalue weighted by Crippen LogP contribution is 2.39. The van der Waals surface area contributed by atoms with Crippen LogP contribution in [0.3, 0.4) is 0 Å². The summed E-state index contributed by atoms with van der Waals surface area (Å²) >= 11 is 1.64. The Labute approximate surface area is 267 Å². The minimum absolute atomic E-state index is 0.0153. The lowest BCUT2D eigenvalue weighted by Crippen LogP contribution is -2.31. The van der Waals surface area contributed by atoms with E-state index in [2.05, 4.69) is 15.6 Å². The minimum atomic E-state index is -0.635.